The summed E-state index contributed by atoms with van der Waals surface area (Å²) in [5.74, 6) is 1.31. The smallest absolute Gasteiger partial charge is 0.387 e. The van der Waals surface area contributed by atoms with Crippen LogP contribution in [0.15, 0.2) is 23.2 Å². The number of rotatable bonds is 8. The maximum absolute atomic E-state index is 12.6. The lowest BCUT2D eigenvalue weighted by molar-refractivity contribution is -0.130. The number of carbonyl (C=O) groups is 1. The van der Waals surface area contributed by atoms with Crippen molar-refractivity contribution in [3.05, 3.63) is 23.8 Å². The van der Waals surface area contributed by atoms with Gasteiger partial charge in [0.1, 0.15) is 11.5 Å². The number of carbonyl (C=O) groups excluding carboxylic acids is 1. The van der Waals surface area contributed by atoms with Crippen molar-refractivity contribution in [1.82, 2.24) is 20.4 Å². The van der Waals surface area contributed by atoms with Crippen LogP contribution in [0.25, 0.3) is 0 Å². The van der Waals surface area contributed by atoms with Crippen LogP contribution in [0.5, 0.6) is 11.5 Å². The lowest BCUT2D eigenvalue weighted by atomic mass is 10.2. The molecular formula is C19H29F2N5O3. The molecule has 0 radical (unpaired) electrons. The first-order chi connectivity index (χ1) is 13.9. The van der Waals surface area contributed by atoms with Crippen LogP contribution in [-0.2, 0) is 11.3 Å². The maximum atomic E-state index is 12.6. The fourth-order valence-electron chi connectivity index (χ4n) is 3.05. The Morgan fingerprint density at radius 1 is 1.24 bits per heavy atom. The number of aliphatic imine (C=N–C) groups is 1. The van der Waals surface area contributed by atoms with Gasteiger partial charge >= 0.3 is 6.61 Å². The van der Waals surface area contributed by atoms with E-state index in [0.29, 0.717) is 23.8 Å². The molecule has 8 nitrogen and oxygen atoms in total. The predicted molar refractivity (Wildman–Crippen MR) is 107 cm³/mol. The minimum absolute atomic E-state index is 0.0899. The van der Waals surface area contributed by atoms with Crippen molar-refractivity contribution >= 4 is 11.9 Å². The van der Waals surface area contributed by atoms with E-state index in [4.69, 9.17) is 4.74 Å². The molecule has 1 amide bonds. The molecule has 2 rings (SSSR count). The van der Waals surface area contributed by atoms with Crippen LogP contribution >= 0.6 is 0 Å². The molecule has 0 spiro atoms. The predicted octanol–water partition coefficient (Wildman–Crippen LogP) is 1.13. The molecule has 1 fully saturated rings. The quantitative estimate of drug-likeness (QED) is 0.491. The number of halogens is 2. The van der Waals surface area contributed by atoms with Crippen LogP contribution in [0.1, 0.15) is 12.5 Å². The Balaban J connectivity index is 1.81. The fraction of sp³-hybridized carbons (Fsp3) is 0.579. The average Bonchev–Trinajstić information content (AvgIpc) is 2.71. The average molecular weight is 413 g/mol. The van der Waals surface area contributed by atoms with Gasteiger partial charge in [-0.05, 0) is 18.2 Å². The fourth-order valence-corrected chi connectivity index (χ4v) is 3.05. The van der Waals surface area contributed by atoms with Gasteiger partial charge in [0, 0.05) is 65.3 Å². The summed E-state index contributed by atoms with van der Waals surface area (Å²) in [4.78, 5) is 19.6. The SMILES string of the molecule is CN=C(NCCN1CCN(C(C)=O)CC1)NCc1cc(OC)ccc1OC(F)F. The van der Waals surface area contributed by atoms with Crippen LogP contribution in [0, 0.1) is 0 Å². The van der Waals surface area contributed by atoms with Crippen LogP contribution in [0.3, 0.4) is 0 Å². The van der Waals surface area contributed by atoms with E-state index in [0.717, 1.165) is 32.7 Å². The van der Waals surface area contributed by atoms with Crippen molar-refractivity contribution in [3.8, 4) is 11.5 Å². The van der Waals surface area contributed by atoms with Gasteiger partial charge in [-0.2, -0.15) is 8.78 Å². The Morgan fingerprint density at radius 2 is 1.97 bits per heavy atom. The van der Waals surface area contributed by atoms with E-state index in [9.17, 15) is 13.6 Å². The zero-order valence-corrected chi connectivity index (χ0v) is 17.1. The molecule has 1 aliphatic heterocycles. The number of amides is 1. The number of benzene rings is 1. The maximum Gasteiger partial charge on any atom is 0.387 e. The highest BCUT2D eigenvalue weighted by molar-refractivity contribution is 5.79. The molecule has 10 heteroatoms. The summed E-state index contributed by atoms with van der Waals surface area (Å²) in [6.45, 7) is 3.57. The van der Waals surface area contributed by atoms with Gasteiger partial charge in [-0.3, -0.25) is 14.7 Å². The van der Waals surface area contributed by atoms with Crippen LogP contribution in [0.4, 0.5) is 8.78 Å². The van der Waals surface area contributed by atoms with E-state index in [2.05, 4.69) is 25.3 Å². The third-order valence-corrected chi connectivity index (χ3v) is 4.69. The number of guanidine groups is 1. The van der Waals surface area contributed by atoms with Crippen LogP contribution < -0.4 is 20.1 Å². The summed E-state index contributed by atoms with van der Waals surface area (Å²) in [6.07, 6.45) is 0. The highest BCUT2D eigenvalue weighted by Gasteiger charge is 2.18. The van der Waals surface area contributed by atoms with Crippen molar-refractivity contribution in [2.24, 2.45) is 4.99 Å². The van der Waals surface area contributed by atoms with E-state index in [-0.39, 0.29) is 18.2 Å². The summed E-state index contributed by atoms with van der Waals surface area (Å²) < 4.78 is 35.0. The molecule has 29 heavy (non-hydrogen) atoms. The summed E-state index contributed by atoms with van der Waals surface area (Å²) >= 11 is 0. The Hall–Kier alpha value is -2.62. The molecule has 0 aliphatic carbocycles. The first-order valence-corrected chi connectivity index (χ1v) is 9.47. The molecule has 1 aromatic carbocycles. The van der Waals surface area contributed by atoms with Crippen molar-refractivity contribution in [1.29, 1.82) is 0 Å². The topological polar surface area (TPSA) is 78.4 Å². The molecule has 1 saturated heterocycles. The second-order valence-corrected chi connectivity index (χ2v) is 6.55. The first kappa shape index (κ1) is 22.7. The Morgan fingerprint density at radius 3 is 2.55 bits per heavy atom. The Kier molecular flexibility index (Phi) is 8.91. The lowest BCUT2D eigenvalue weighted by Gasteiger charge is -2.34. The number of piperazine rings is 1. The summed E-state index contributed by atoms with van der Waals surface area (Å²) in [7, 11) is 3.15. The summed E-state index contributed by atoms with van der Waals surface area (Å²) in [5, 5.41) is 6.30. The third-order valence-electron chi connectivity index (χ3n) is 4.69. The van der Waals surface area contributed by atoms with Gasteiger partial charge in [0.15, 0.2) is 5.96 Å². The minimum Gasteiger partial charge on any atom is -0.497 e. The molecule has 0 atom stereocenters. The molecular weight excluding hydrogens is 384 g/mol. The molecule has 1 heterocycles. The number of nitrogens with zero attached hydrogens (tertiary/aromatic N) is 3. The van der Waals surface area contributed by atoms with E-state index in [1.54, 1.807) is 26.1 Å². The summed E-state index contributed by atoms with van der Waals surface area (Å²) in [6, 6.07) is 4.67. The van der Waals surface area contributed by atoms with Gasteiger partial charge < -0.3 is 25.0 Å². The van der Waals surface area contributed by atoms with Gasteiger partial charge in [-0.25, -0.2) is 0 Å². The van der Waals surface area contributed by atoms with Gasteiger partial charge in [0.25, 0.3) is 0 Å². The highest BCUT2D eigenvalue weighted by Crippen LogP contribution is 2.25. The second kappa shape index (κ2) is 11.4. The third kappa shape index (κ3) is 7.37. The van der Waals surface area contributed by atoms with Crippen molar-refractivity contribution in [2.75, 3.05) is 53.4 Å². The van der Waals surface area contributed by atoms with E-state index < -0.39 is 6.61 Å². The molecule has 1 aliphatic rings. The van der Waals surface area contributed by atoms with E-state index in [1.165, 1.54) is 13.2 Å². The molecule has 0 bridgehead atoms. The highest BCUT2D eigenvalue weighted by atomic mass is 19.3. The lowest BCUT2D eigenvalue weighted by Crippen LogP contribution is -2.50. The number of ether oxygens (including phenoxy) is 2. The van der Waals surface area contributed by atoms with E-state index >= 15 is 0 Å². The summed E-state index contributed by atoms with van der Waals surface area (Å²) in [5.41, 5.74) is 0.535. The van der Waals surface area contributed by atoms with Gasteiger partial charge in [-0.15, -0.1) is 0 Å². The number of nitrogens with one attached hydrogen (secondary N) is 2. The number of hydrogen-bond acceptors (Lipinski definition) is 5. The van der Waals surface area contributed by atoms with E-state index in [1.807, 2.05) is 4.90 Å². The largest absolute Gasteiger partial charge is 0.497 e. The number of alkyl halides is 2. The molecule has 1 aromatic rings. The van der Waals surface area contributed by atoms with Gasteiger partial charge in [0.2, 0.25) is 5.91 Å². The molecule has 0 aromatic heterocycles. The monoisotopic (exact) mass is 413 g/mol. The molecule has 0 unspecified atom stereocenters. The zero-order chi connectivity index (χ0) is 21.2. The number of hydrogen-bond donors (Lipinski definition) is 2. The standard InChI is InChI=1S/C19H29F2N5O3/c1-14(27)26-10-8-25(9-11-26)7-6-23-19(22-2)24-13-15-12-16(28-3)4-5-17(15)29-18(20)21/h4-5,12,18H,6-11,13H2,1-3H3,(H2,22,23,24). The van der Waals surface area contributed by atoms with Crippen molar-refractivity contribution in [3.63, 3.8) is 0 Å². The van der Waals surface area contributed by atoms with Crippen LogP contribution in [-0.4, -0.2) is 81.7 Å². The van der Waals surface area contributed by atoms with Crippen molar-refractivity contribution < 1.29 is 23.0 Å². The second-order valence-electron chi connectivity index (χ2n) is 6.55. The Bertz CT molecular complexity index is 694. The molecule has 162 valence electrons. The van der Waals surface area contributed by atoms with Crippen molar-refractivity contribution in [2.45, 2.75) is 20.1 Å². The normalized spacial score (nSPS) is 15.4. The molecule has 0 saturated carbocycles. The first-order valence-electron chi connectivity index (χ1n) is 9.47. The molecule has 2 N–H and O–H groups in total. The number of methoxy groups -OCH3 is 1. The van der Waals surface area contributed by atoms with Gasteiger partial charge in [0.05, 0.1) is 7.11 Å². The zero-order valence-electron chi connectivity index (χ0n) is 17.1. The van der Waals surface area contributed by atoms with Gasteiger partial charge in [-0.1, -0.05) is 0 Å². The Labute approximate surface area is 169 Å². The van der Waals surface area contributed by atoms with Crippen LogP contribution in [0.2, 0.25) is 0 Å². The minimum atomic E-state index is -2.90.